The van der Waals surface area contributed by atoms with E-state index in [1.54, 1.807) is 31.6 Å². The number of hydrogen-bond acceptors (Lipinski definition) is 4. The van der Waals surface area contributed by atoms with Gasteiger partial charge in [-0.05, 0) is 44.5 Å². The topological polar surface area (TPSA) is 82.9 Å². The molecular formula is C18H27N3O3. The Morgan fingerprint density at radius 1 is 1.29 bits per heavy atom. The SMILES string of the molecule is CCC(C)NC(=NCC(C)(O)c1ccco1)NCCc1ccco1. The standard InChI is InChI=1S/C18H27N3O3/c1-4-14(2)21-17(19-10-9-15-7-5-11-23-15)20-13-18(3,22)16-8-6-12-24-16/h5-8,11-12,14,22H,4,9-10,13H2,1-3H3,(H2,19,20,21). The van der Waals surface area contributed by atoms with Gasteiger partial charge in [0.1, 0.15) is 17.1 Å². The molecule has 0 aliphatic carbocycles. The second kappa shape index (κ2) is 8.59. The highest BCUT2D eigenvalue weighted by Crippen LogP contribution is 2.21. The van der Waals surface area contributed by atoms with Crippen LogP contribution in [-0.4, -0.2) is 30.2 Å². The van der Waals surface area contributed by atoms with E-state index >= 15 is 0 Å². The summed E-state index contributed by atoms with van der Waals surface area (Å²) in [6, 6.07) is 7.62. The summed E-state index contributed by atoms with van der Waals surface area (Å²) < 4.78 is 10.6. The Hall–Kier alpha value is -2.21. The van der Waals surface area contributed by atoms with Crippen molar-refractivity contribution in [3.8, 4) is 0 Å². The average molecular weight is 333 g/mol. The molecule has 132 valence electrons. The number of furan rings is 2. The smallest absolute Gasteiger partial charge is 0.191 e. The lowest BCUT2D eigenvalue weighted by molar-refractivity contribution is 0.0436. The molecule has 0 amide bonds. The fourth-order valence-corrected chi connectivity index (χ4v) is 2.14. The fraction of sp³-hybridized carbons (Fsp3) is 0.500. The van der Waals surface area contributed by atoms with Gasteiger partial charge in [-0.25, -0.2) is 4.99 Å². The second-order valence-electron chi connectivity index (χ2n) is 6.13. The van der Waals surface area contributed by atoms with Crippen molar-refractivity contribution in [1.82, 2.24) is 10.6 Å². The predicted octanol–water partition coefficient (Wildman–Crippen LogP) is 2.66. The van der Waals surface area contributed by atoms with E-state index < -0.39 is 5.60 Å². The Balaban J connectivity index is 1.95. The van der Waals surface area contributed by atoms with E-state index in [1.165, 1.54) is 0 Å². The Kier molecular flexibility index (Phi) is 6.49. The average Bonchev–Trinajstić information content (AvgIpc) is 3.25. The molecule has 3 N–H and O–H groups in total. The summed E-state index contributed by atoms with van der Waals surface area (Å²) in [5, 5.41) is 17.1. The minimum Gasteiger partial charge on any atom is -0.469 e. The van der Waals surface area contributed by atoms with Gasteiger partial charge in [0, 0.05) is 19.0 Å². The van der Waals surface area contributed by atoms with Gasteiger partial charge in [0.05, 0.1) is 19.1 Å². The maximum atomic E-state index is 10.5. The zero-order valence-electron chi connectivity index (χ0n) is 14.6. The van der Waals surface area contributed by atoms with Gasteiger partial charge >= 0.3 is 0 Å². The summed E-state index contributed by atoms with van der Waals surface area (Å²) in [6.45, 7) is 6.79. The largest absolute Gasteiger partial charge is 0.469 e. The first kappa shape index (κ1) is 18.1. The summed E-state index contributed by atoms with van der Waals surface area (Å²) in [7, 11) is 0. The van der Waals surface area contributed by atoms with Crippen molar-refractivity contribution in [3.63, 3.8) is 0 Å². The summed E-state index contributed by atoms with van der Waals surface area (Å²) in [4.78, 5) is 4.51. The van der Waals surface area contributed by atoms with Gasteiger partial charge in [-0.2, -0.15) is 0 Å². The van der Waals surface area contributed by atoms with E-state index in [2.05, 4.69) is 29.5 Å². The monoisotopic (exact) mass is 333 g/mol. The van der Waals surface area contributed by atoms with Crippen LogP contribution in [0.5, 0.6) is 0 Å². The zero-order valence-corrected chi connectivity index (χ0v) is 14.6. The van der Waals surface area contributed by atoms with Crippen LogP contribution < -0.4 is 10.6 Å². The molecule has 0 radical (unpaired) electrons. The lowest BCUT2D eigenvalue weighted by Crippen LogP contribution is -2.43. The van der Waals surface area contributed by atoms with Crippen molar-refractivity contribution in [1.29, 1.82) is 0 Å². The Bertz CT molecular complexity index is 604. The molecule has 2 aromatic heterocycles. The van der Waals surface area contributed by atoms with Crippen molar-refractivity contribution in [2.45, 2.75) is 45.3 Å². The molecule has 2 aromatic rings. The zero-order chi connectivity index (χ0) is 17.4. The molecule has 2 rings (SSSR count). The summed E-state index contributed by atoms with van der Waals surface area (Å²) in [5.74, 6) is 2.10. The van der Waals surface area contributed by atoms with Gasteiger partial charge in [-0.1, -0.05) is 6.92 Å². The van der Waals surface area contributed by atoms with Crippen molar-refractivity contribution in [2.75, 3.05) is 13.1 Å². The molecule has 6 nitrogen and oxygen atoms in total. The van der Waals surface area contributed by atoms with Crippen LogP contribution in [0.1, 0.15) is 38.7 Å². The van der Waals surface area contributed by atoms with E-state index in [-0.39, 0.29) is 12.6 Å². The normalized spacial score (nSPS) is 15.8. The maximum Gasteiger partial charge on any atom is 0.191 e. The van der Waals surface area contributed by atoms with Gasteiger partial charge in [-0.3, -0.25) is 0 Å². The van der Waals surface area contributed by atoms with E-state index in [0.29, 0.717) is 18.3 Å². The molecule has 0 aliphatic heterocycles. The fourth-order valence-electron chi connectivity index (χ4n) is 2.14. The van der Waals surface area contributed by atoms with Crippen LogP contribution in [0.2, 0.25) is 0 Å². The molecular weight excluding hydrogens is 306 g/mol. The first-order valence-corrected chi connectivity index (χ1v) is 8.35. The molecule has 0 aromatic carbocycles. The van der Waals surface area contributed by atoms with Crippen LogP contribution in [0.3, 0.4) is 0 Å². The van der Waals surface area contributed by atoms with Crippen LogP contribution in [-0.2, 0) is 12.0 Å². The number of hydrogen-bond donors (Lipinski definition) is 3. The Morgan fingerprint density at radius 2 is 2.04 bits per heavy atom. The molecule has 24 heavy (non-hydrogen) atoms. The number of aliphatic hydroxyl groups is 1. The van der Waals surface area contributed by atoms with Gasteiger partial charge in [0.15, 0.2) is 5.96 Å². The van der Waals surface area contributed by atoms with Crippen LogP contribution in [0.15, 0.2) is 50.6 Å². The van der Waals surface area contributed by atoms with Crippen LogP contribution in [0.4, 0.5) is 0 Å². The molecule has 0 aliphatic rings. The van der Waals surface area contributed by atoms with Crippen molar-refractivity contribution in [2.24, 2.45) is 4.99 Å². The van der Waals surface area contributed by atoms with Gasteiger partial charge < -0.3 is 24.6 Å². The van der Waals surface area contributed by atoms with Crippen molar-refractivity contribution < 1.29 is 13.9 Å². The van der Waals surface area contributed by atoms with Crippen LogP contribution in [0, 0.1) is 0 Å². The first-order valence-electron chi connectivity index (χ1n) is 8.35. The number of aliphatic imine (C=N–C) groups is 1. The number of rotatable bonds is 8. The number of nitrogens with zero attached hydrogens (tertiary/aromatic N) is 1. The highest BCUT2D eigenvalue weighted by atomic mass is 16.4. The molecule has 2 atom stereocenters. The molecule has 0 spiro atoms. The van der Waals surface area contributed by atoms with Crippen molar-refractivity contribution in [3.05, 3.63) is 48.3 Å². The molecule has 2 heterocycles. The molecule has 0 bridgehead atoms. The summed E-state index contributed by atoms with van der Waals surface area (Å²) >= 11 is 0. The second-order valence-corrected chi connectivity index (χ2v) is 6.13. The highest BCUT2D eigenvalue weighted by molar-refractivity contribution is 5.80. The van der Waals surface area contributed by atoms with Crippen LogP contribution in [0.25, 0.3) is 0 Å². The van der Waals surface area contributed by atoms with Crippen molar-refractivity contribution >= 4 is 5.96 Å². The Labute approximate surface area is 143 Å². The molecule has 2 unspecified atom stereocenters. The third kappa shape index (κ3) is 5.45. The van der Waals surface area contributed by atoms with Gasteiger partial charge in [0.25, 0.3) is 0 Å². The molecule has 0 saturated carbocycles. The van der Waals surface area contributed by atoms with E-state index in [1.807, 2.05) is 12.1 Å². The molecule has 6 heteroatoms. The lowest BCUT2D eigenvalue weighted by atomic mass is 10.0. The number of nitrogens with one attached hydrogen (secondary N) is 2. The first-order chi connectivity index (χ1) is 11.5. The van der Waals surface area contributed by atoms with Crippen LogP contribution >= 0.6 is 0 Å². The third-order valence-corrected chi connectivity index (χ3v) is 3.84. The Morgan fingerprint density at radius 3 is 2.67 bits per heavy atom. The van der Waals surface area contributed by atoms with Gasteiger partial charge in [0.2, 0.25) is 0 Å². The lowest BCUT2D eigenvalue weighted by Gasteiger charge is -2.21. The summed E-state index contributed by atoms with van der Waals surface area (Å²) in [5.41, 5.74) is -1.14. The van der Waals surface area contributed by atoms with E-state index in [4.69, 9.17) is 8.83 Å². The highest BCUT2D eigenvalue weighted by Gasteiger charge is 2.26. The van der Waals surface area contributed by atoms with E-state index in [9.17, 15) is 5.11 Å². The molecule has 0 saturated heterocycles. The number of guanidine groups is 1. The summed E-state index contributed by atoms with van der Waals surface area (Å²) in [6.07, 6.45) is 4.96. The van der Waals surface area contributed by atoms with E-state index in [0.717, 1.165) is 18.6 Å². The molecule has 0 fully saturated rings. The minimum absolute atomic E-state index is 0.201. The predicted molar refractivity (Wildman–Crippen MR) is 93.9 cm³/mol. The maximum absolute atomic E-state index is 10.5. The van der Waals surface area contributed by atoms with Gasteiger partial charge in [-0.15, -0.1) is 0 Å². The quantitative estimate of drug-likeness (QED) is 0.511. The third-order valence-electron chi connectivity index (χ3n) is 3.84. The minimum atomic E-state index is -1.14.